The number of hydrogen-bond acceptors (Lipinski definition) is 6. The van der Waals surface area contributed by atoms with E-state index in [1.54, 1.807) is 17.0 Å². The van der Waals surface area contributed by atoms with Gasteiger partial charge in [0.15, 0.2) is 0 Å². The molecular formula is C32H26N4O4S. The first-order chi connectivity index (χ1) is 19.9. The Morgan fingerprint density at radius 1 is 0.927 bits per heavy atom. The van der Waals surface area contributed by atoms with E-state index >= 15 is 0 Å². The van der Waals surface area contributed by atoms with Gasteiger partial charge in [0.2, 0.25) is 0 Å². The summed E-state index contributed by atoms with van der Waals surface area (Å²) in [6.07, 6.45) is 0.662. The molecule has 4 N–H and O–H groups in total. The van der Waals surface area contributed by atoms with Crippen LogP contribution in [-0.4, -0.2) is 45.9 Å². The third-order valence-corrected chi connectivity index (χ3v) is 8.49. The van der Waals surface area contributed by atoms with Crippen LogP contribution in [0.4, 0.5) is 5.69 Å². The van der Waals surface area contributed by atoms with Gasteiger partial charge in [0.05, 0.1) is 28.6 Å². The molecule has 1 aliphatic rings. The van der Waals surface area contributed by atoms with Crippen LogP contribution in [0.25, 0.3) is 21.5 Å². The summed E-state index contributed by atoms with van der Waals surface area (Å²) in [5.74, 6) is -1.93. The number of rotatable bonds is 6. The lowest BCUT2D eigenvalue weighted by Gasteiger charge is -2.37. The van der Waals surface area contributed by atoms with Gasteiger partial charge >= 0.3 is 5.97 Å². The Bertz CT molecular complexity index is 1800. The number of nitrogens with zero attached hydrogens (tertiary/aromatic N) is 2. The van der Waals surface area contributed by atoms with Crippen LogP contribution in [0, 0.1) is 0 Å². The monoisotopic (exact) mass is 562 g/mol. The summed E-state index contributed by atoms with van der Waals surface area (Å²) in [6.45, 7) is 0.551. The summed E-state index contributed by atoms with van der Waals surface area (Å²) in [7, 11) is 0. The third kappa shape index (κ3) is 4.92. The molecular weight excluding hydrogens is 536 g/mol. The number of pyridine rings is 1. The predicted molar refractivity (Wildman–Crippen MR) is 159 cm³/mol. The van der Waals surface area contributed by atoms with Crippen LogP contribution in [-0.2, 0) is 6.42 Å². The lowest BCUT2D eigenvalue weighted by molar-refractivity contribution is 0.0654. The van der Waals surface area contributed by atoms with Gasteiger partial charge in [0, 0.05) is 24.0 Å². The zero-order valence-electron chi connectivity index (χ0n) is 21.9. The second kappa shape index (κ2) is 10.9. The number of amides is 2. The van der Waals surface area contributed by atoms with Gasteiger partial charge in [-0.15, -0.1) is 11.3 Å². The van der Waals surface area contributed by atoms with Gasteiger partial charge in [0.25, 0.3) is 11.8 Å². The molecule has 1 aliphatic heterocycles. The molecule has 0 saturated carbocycles. The van der Waals surface area contributed by atoms with Gasteiger partial charge in [0.1, 0.15) is 9.71 Å². The molecule has 2 aromatic heterocycles. The maximum atomic E-state index is 14.1. The lowest BCUT2D eigenvalue weighted by atomic mass is 9.92. The van der Waals surface area contributed by atoms with E-state index in [1.807, 2.05) is 66.7 Å². The Morgan fingerprint density at radius 3 is 2.41 bits per heavy atom. The average molecular weight is 563 g/mol. The maximum Gasteiger partial charge on any atom is 0.336 e. The number of benzene rings is 3. The largest absolute Gasteiger partial charge is 0.478 e. The SMILES string of the molecule is Nc1c(C(=O)N2CCc3ccccc3C2CNC(=O)c2ccccc2C(=O)O)sc2nc(-c3ccccc3)ccc12. The minimum atomic E-state index is -1.18. The first kappa shape index (κ1) is 26.2. The molecule has 1 atom stereocenters. The Morgan fingerprint density at radius 2 is 1.63 bits per heavy atom. The molecule has 0 aliphatic carbocycles. The number of carbonyl (C=O) groups excluding carboxylic acids is 2. The second-order valence-electron chi connectivity index (χ2n) is 9.78. The summed E-state index contributed by atoms with van der Waals surface area (Å²) in [6, 6.07) is 27.1. The molecule has 0 saturated heterocycles. The van der Waals surface area contributed by atoms with E-state index in [1.165, 1.54) is 23.5 Å². The smallest absolute Gasteiger partial charge is 0.336 e. The van der Waals surface area contributed by atoms with Crippen LogP contribution >= 0.6 is 11.3 Å². The van der Waals surface area contributed by atoms with Gasteiger partial charge < -0.3 is 21.1 Å². The number of anilines is 1. The molecule has 3 heterocycles. The highest BCUT2D eigenvalue weighted by Crippen LogP contribution is 2.38. The maximum absolute atomic E-state index is 14.1. The summed E-state index contributed by atoms with van der Waals surface area (Å²) >= 11 is 1.26. The third-order valence-electron chi connectivity index (χ3n) is 7.39. The van der Waals surface area contributed by atoms with Crippen LogP contribution in [0.3, 0.4) is 0 Å². The minimum Gasteiger partial charge on any atom is -0.478 e. The fraction of sp³-hybridized carbons (Fsp3) is 0.125. The molecule has 0 spiro atoms. The highest BCUT2D eigenvalue weighted by atomic mass is 32.1. The quantitative estimate of drug-likeness (QED) is 0.254. The number of nitrogen functional groups attached to an aromatic ring is 1. The summed E-state index contributed by atoms with van der Waals surface area (Å²) in [4.78, 5) is 46.4. The molecule has 2 amide bonds. The molecule has 0 fully saturated rings. The number of aromatic carboxylic acids is 1. The molecule has 0 bridgehead atoms. The van der Waals surface area contributed by atoms with Gasteiger partial charge in [-0.1, -0.05) is 66.7 Å². The molecule has 9 heteroatoms. The van der Waals surface area contributed by atoms with Gasteiger partial charge in [-0.05, 0) is 41.8 Å². The van der Waals surface area contributed by atoms with Gasteiger partial charge in [-0.25, -0.2) is 9.78 Å². The first-order valence-corrected chi connectivity index (χ1v) is 14.0. The fourth-order valence-electron chi connectivity index (χ4n) is 5.32. The molecule has 1 unspecified atom stereocenters. The second-order valence-corrected chi connectivity index (χ2v) is 10.8. The van der Waals surface area contributed by atoms with Crippen molar-refractivity contribution in [3.05, 3.63) is 118 Å². The van der Waals surface area contributed by atoms with Crippen molar-refractivity contribution in [2.45, 2.75) is 12.5 Å². The number of nitrogens with two attached hydrogens (primary N) is 1. The van der Waals surface area contributed by atoms with Crippen molar-refractivity contribution in [3.63, 3.8) is 0 Å². The van der Waals surface area contributed by atoms with Crippen LogP contribution in [0.15, 0.2) is 91.0 Å². The van der Waals surface area contributed by atoms with Crippen molar-refractivity contribution < 1.29 is 19.5 Å². The van der Waals surface area contributed by atoms with E-state index in [0.717, 1.165) is 27.8 Å². The molecule has 3 aromatic carbocycles. The van der Waals surface area contributed by atoms with Crippen LogP contribution in [0.5, 0.6) is 0 Å². The van der Waals surface area contributed by atoms with E-state index < -0.39 is 17.9 Å². The highest BCUT2D eigenvalue weighted by molar-refractivity contribution is 7.21. The number of thiophene rings is 1. The zero-order chi connectivity index (χ0) is 28.5. The van der Waals surface area contributed by atoms with Crippen molar-refractivity contribution in [3.8, 4) is 11.3 Å². The van der Waals surface area contributed by atoms with Gasteiger partial charge in [-0.2, -0.15) is 0 Å². The highest BCUT2D eigenvalue weighted by Gasteiger charge is 2.34. The normalized spacial score (nSPS) is 14.4. The number of carboxylic acids is 1. The van der Waals surface area contributed by atoms with E-state index in [2.05, 4.69) is 5.32 Å². The topological polar surface area (TPSA) is 126 Å². The fourth-order valence-corrected chi connectivity index (χ4v) is 6.37. The molecule has 6 rings (SSSR count). The number of fused-ring (bicyclic) bond motifs is 2. The van der Waals surface area contributed by atoms with E-state index in [9.17, 15) is 19.5 Å². The Balaban J connectivity index is 1.32. The Kier molecular flexibility index (Phi) is 6.94. The van der Waals surface area contributed by atoms with E-state index in [0.29, 0.717) is 28.4 Å². The number of nitrogens with one attached hydrogen (secondary N) is 1. The molecule has 204 valence electrons. The van der Waals surface area contributed by atoms with Crippen molar-refractivity contribution in [2.75, 3.05) is 18.8 Å². The van der Waals surface area contributed by atoms with Crippen molar-refractivity contribution in [1.29, 1.82) is 0 Å². The van der Waals surface area contributed by atoms with E-state index in [4.69, 9.17) is 10.7 Å². The molecule has 5 aromatic rings. The van der Waals surface area contributed by atoms with Crippen LogP contribution in [0.1, 0.15) is 47.6 Å². The molecule has 41 heavy (non-hydrogen) atoms. The van der Waals surface area contributed by atoms with Crippen molar-refractivity contribution in [1.82, 2.24) is 15.2 Å². The van der Waals surface area contributed by atoms with Crippen LogP contribution in [0.2, 0.25) is 0 Å². The van der Waals surface area contributed by atoms with Crippen LogP contribution < -0.4 is 11.1 Å². The summed E-state index contributed by atoms with van der Waals surface area (Å²) < 4.78 is 0. The average Bonchev–Trinajstić information content (AvgIpc) is 3.35. The molecule has 8 nitrogen and oxygen atoms in total. The van der Waals surface area contributed by atoms with E-state index in [-0.39, 0.29) is 23.6 Å². The Labute approximate surface area is 240 Å². The predicted octanol–water partition coefficient (Wildman–Crippen LogP) is 5.41. The minimum absolute atomic E-state index is 0.0658. The van der Waals surface area contributed by atoms with Gasteiger partial charge in [-0.3, -0.25) is 9.59 Å². The number of hydrogen-bond donors (Lipinski definition) is 3. The molecule has 0 radical (unpaired) electrons. The number of carboxylic acid groups (broad SMARTS) is 1. The standard InChI is InChI=1S/C32H26N4O4S/c33-27-24-14-15-25(20-9-2-1-3-10-20)35-30(24)41-28(27)31(38)36-17-16-19-8-4-5-11-21(19)26(36)18-34-29(37)22-12-6-7-13-23(22)32(39)40/h1-15,26H,16-18,33H2,(H,34,37)(H,39,40). The summed E-state index contributed by atoms with van der Waals surface area (Å²) in [5.41, 5.74) is 10.7. The van der Waals surface area contributed by atoms with Crippen molar-refractivity contribution in [2.24, 2.45) is 0 Å². The lowest BCUT2D eigenvalue weighted by Crippen LogP contribution is -2.45. The number of carbonyl (C=O) groups is 3. The Hall–Kier alpha value is -5.02. The summed E-state index contributed by atoms with van der Waals surface area (Å²) in [5, 5.41) is 13.1. The first-order valence-electron chi connectivity index (χ1n) is 13.2. The zero-order valence-corrected chi connectivity index (χ0v) is 22.7. The van der Waals surface area contributed by atoms with Crippen molar-refractivity contribution >= 4 is 45.0 Å². The number of aromatic nitrogens is 1.